The summed E-state index contributed by atoms with van der Waals surface area (Å²) in [4.78, 5) is 16.5. The molecule has 2 aliphatic rings. The second kappa shape index (κ2) is 12.3. The number of likely N-dealkylation sites (tertiary alicyclic amines) is 1. The van der Waals surface area contributed by atoms with Gasteiger partial charge in [-0.05, 0) is 67.5 Å². The van der Waals surface area contributed by atoms with E-state index >= 15 is 0 Å². The van der Waals surface area contributed by atoms with Crippen molar-refractivity contribution in [2.75, 3.05) is 13.1 Å². The smallest absolute Gasteiger partial charge is 0.229 e. The molecule has 8 heteroatoms. The summed E-state index contributed by atoms with van der Waals surface area (Å²) in [6, 6.07) is 14.9. The van der Waals surface area contributed by atoms with Gasteiger partial charge in [0, 0.05) is 35.1 Å². The number of hydrogen-bond acceptors (Lipinski definition) is 3. The standard InChI is InChI=1S/C31H40Cl2N2O3S/c1-5-18-31(4)20-28(23-10-8-11-25(33)19-23)29(22-14-16-24(32)17-15-22)35(30(31)36)26(6-2)21-34(7-3)39(37,38)27-12-9-13-27/h5,8,10-11,14-17,19,26-29H,1,6-7,9,12-13,18,20-21H2,2-4H3/t26-,28-,29-,31+/m1/s1. The lowest BCUT2D eigenvalue weighted by Crippen LogP contribution is -2.58. The molecule has 4 rings (SSSR count). The highest BCUT2D eigenvalue weighted by molar-refractivity contribution is 7.89. The first-order valence-corrected chi connectivity index (χ1v) is 16.2. The van der Waals surface area contributed by atoms with E-state index in [2.05, 4.69) is 12.6 Å². The number of rotatable bonds is 11. The monoisotopic (exact) mass is 590 g/mol. The Bertz CT molecular complexity index is 1280. The van der Waals surface area contributed by atoms with Gasteiger partial charge in [0.25, 0.3) is 0 Å². The van der Waals surface area contributed by atoms with Crippen molar-refractivity contribution in [2.45, 2.75) is 82.5 Å². The van der Waals surface area contributed by atoms with Crippen LogP contribution in [0.2, 0.25) is 10.0 Å². The number of nitrogens with zero attached hydrogens (tertiary/aromatic N) is 2. The predicted octanol–water partition coefficient (Wildman–Crippen LogP) is 7.62. The van der Waals surface area contributed by atoms with E-state index in [0.717, 1.165) is 17.5 Å². The summed E-state index contributed by atoms with van der Waals surface area (Å²) >= 11 is 12.7. The summed E-state index contributed by atoms with van der Waals surface area (Å²) < 4.78 is 28.6. The molecule has 1 heterocycles. The fourth-order valence-corrected chi connectivity index (χ4v) is 8.64. The Balaban J connectivity index is 1.85. The average molecular weight is 592 g/mol. The average Bonchev–Trinajstić information content (AvgIpc) is 2.86. The molecular formula is C31H40Cl2N2O3S. The van der Waals surface area contributed by atoms with Crippen molar-refractivity contribution in [3.05, 3.63) is 82.4 Å². The van der Waals surface area contributed by atoms with Crippen LogP contribution in [0, 0.1) is 5.41 Å². The molecule has 2 aromatic rings. The molecule has 1 saturated carbocycles. The first kappa shape index (κ1) is 30.1. The van der Waals surface area contributed by atoms with Crippen LogP contribution in [0.4, 0.5) is 0 Å². The normalized spacial score (nSPS) is 25.0. The molecule has 1 aliphatic carbocycles. The minimum Gasteiger partial charge on any atom is -0.330 e. The maximum Gasteiger partial charge on any atom is 0.229 e. The molecule has 212 valence electrons. The Morgan fingerprint density at radius 1 is 1.10 bits per heavy atom. The van der Waals surface area contributed by atoms with Gasteiger partial charge in [0.1, 0.15) is 0 Å². The first-order valence-electron chi connectivity index (χ1n) is 14.0. The van der Waals surface area contributed by atoms with E-state index in [0.29, 0.717) is 48.7 Å². The third-order valence-electron chi connectivity index (χ3n) is 8.65. The Morgan fingerprint density at radius 2 is 1.79 bits per heavy atom. The number of carbonyl (C=O) groups excluding carboxylic acids is 1. The molecule has 0 radical (unpaired) electrons. The molecule has 0 aromatic heterocycles. The van der Waals surface area contributed by atoms with E-state index in [-0.39, 0.29) is 35.7 Å². The Morgan fingerprint density at radius 3 is 2.33 bits per heavy atom. The topological polar surface area (TPSA) is 57.7 Å². The largest absolute Gasteiger partial charge is 0.330 e. The maximum absolute atomic E-state index is 14.5. The van der Waals surface area contributed by atoms with Crippen LogP contribution in [0.1, 0.15) is 82.4 Å². The lowest BCUT2D eigenvalue weighted by molar-refractivity contribution is -0.154. The fraction of sp³-hybridized carbons (Fsp3) is 0.516. The van der Waals surface area contributed by atoms with Crippen LogP contribution in [0.25, 0.3) is 0 Å². The van der Waals surface area contributed by atoms with Gasteiger partial charge < -0.3 is 4.90 Å². The van der Waals surface area contributed by atoms with Crippen LogP contribution in [-0.4, -0.2) is 47.9 Å². The number of halogens is 2. The first-order chi connectivity index (χ1) is 18.6. The summed E-state index contributed by atoms with van der Waals surface area (Å²) in [6.45, 7) is 10.5. The van der Waals surface area contributed by atoms with E-state index < -0.39 is 15.4 Å². The van der Waals surface area contributed by atoms with Crippen LogP contribution >= 0.6 is 23.2 Å². The van der Waals surface area contributed by atoms with Crippen molar-refractivity contribution >= 4 is 39.1 Å². The predicted molar refractivity (Wildman–Crippen MR) is 161 cm³/mol. The number of allylic oxidation sites excluding steroid dienone is 1. The fourth-order valence-electron chi connectivity index (χ4n) is 6.23. The second-order valence-electron chi connectivity index (χ2n) is 11.2. The van der Waals surface area contributed by atoms with Crippen LogP contribution in [0.5, 0.6) is 0 Å². The molecular weight excluding hydrogens is 551 g/mol. The number of sulfonamides is 1. The quantitative estimate of drug-likeness (QED) is 0.253. The number of benzene rings is 2. The van der Waals surface area contributed by atoms with Crippen LogP contribution < -0.4 is 0 Å². The van der Waals surface area contributed by atoms with E-state index in [9.17, 15) is 13.2 Å². The summed E-state index contributed by atoms with van der Waals surface area (Å²) in [7, 11) is -3.43. The van der Waals surface area contributed by atoms with Gasteiger partial charge in [-0.15, -0.1) is 6.58 Å². The molecule has 1 aliphatic heterocycles. The van der Waals surface area contributed by atoms with Gasteiger partial charge in [-0.25, -0.2) is 8.42 Å². The Kier molecular flexibility index (Phi) is 9.52. The molecule has 2 aromatic carbocycles. The summed E-state index contributed by atoms with van der Waals surface area (Å²) in [5, 5.41) is 0.954. The van der Waals surface area contributed by atoms with Gasteiger partial charge in [0.15, 0.2) is 0 Å². The van der Waals surface area contributed by atoms with Crippen LogP contribution in [0.15, 0.2) is 61.2 Å². The zero-order chi connectivity index (χ0) is 28.4. The van der Waals surface area contributed by atoms with Crippen molar-refractivity contribution in [3.63, 3.8) is 0 Å². The highest BCUT2D eigenvalue weighted by Gasteiger charge is 2.51. The highest BCUT2D eigenvalue weighted by Crippen LogP contribution is 2.52. The van der Waals surface area contributed by atoms with Gasteiger partial charge in [0.05, 0.1) is 16.7 Å². The zero-order valence-electron chi connectivity index (χ0n) is 23.2. The molecule has 0 unspecified atom stereocenters. The molecule has 0 bridgehead atoms. The van der Waals surface area contributed by atoms with Gasteiger partial charge in [-0.1, -0.05) is 80.7 Å². The van der Waals surface area contributed by atoms with Gasteiger partial charge in [-0.2, -0.15) is 4.31 Å². The molecule has 1 saturated heterocycles. The SMILES string of the molecule is C=CC[C@@]1(C)C[C@H](c2cccc(Cl)c2)[C@@H](c2ccc(Cl)cc2)N([C@H](CC)CN(CC)S(=O)(=O)C2CCC2)C1=O. The number of amides is 1. The number of hydrogen-bond donors (Lipinski definition) is 0. The number of likely N-dealkylation sites (N-methyl/N-ethyl adjacent to an activating group) is 1. The second-order valence-corrected chi connectivity index (χ2v) is 14.3. The molecule has 5 nitrogen and oxygen atoms in total. The van der Waals surface area contributed by atoms with Crippen molar-refractivity contribution in [3.8, 4) is 0 Å². The van der Waals surface area contributed by atoms with Crippen molar-refractivity contribution in [1.82, 2.24) is 9.21 Å². The molecule has 2 fully saturated rings. The highest BCUT2D eigenvalue weighted by atomic mass is 35.5. The lowest BCUT2D eigenvalue weighted by Gasteiger charge is -2.52. The van der Waals surface area contributed by atoms with E-state index in [1.54, 1.807) is 4.31 Å². The minimum atomic E-state index is -3.43. The molecule has 39 heavy (non-hydrogen) atoms. The molecule has 0 spiro atoms. The van der Waals surface area contributed by atoms with Gasteiger partial charge in [-0.3, -0.25) is 4.79 Å². The summed E-state index contributed by atoms with van der Waals surface area (Å²) in [5.41, 5.74) is 1.34. The van der Waals surface area contributed by atoms with Crippen molar-refractivity contribution < 1.29 is 13.2 Å². The lowest BCUT2D eigenvalue weighted by atomic mass is 9.67. The molecule has 0 N–H and O–H groups in total. The van der Waals surface area contributed by atoms with E-state index in [4.69, 9.17) is 23.2 Å². The van der Waals surface area contributed by atoms with Crippen LogP contribution in [0.3, 0.4) is 0 Å². The summed E-state index contributed by atoms with van der Waals surface area (Å²) in [5.74, 6) is -0.0236. The summed E-state index contributed by atoms with van der Waals surface area (Å²) in [6.07, 6.45) is 5.95. The third kappa shape index (κ3) is 6.09. The molecule has 4 atom stereocenters. The van der Waals surface area contributed by atoms with Gasteiger partial charge >= 0.3 is 0 Å². The number of piperidine rings is 1. The maximum atomic E-state index is 14.5. The number of carbonyl (C=O) groups is 1. The molecule has 1 amide bonds. The van der Waals surface area contributed by atoms with Crippen LogP contribution in [-0.2, 0) is 14.8 Å². The Labute approximate surface area is 244 Å². The van der Waals surface area contributed by atoms with Crippen molar-refractivity contribution in [2.24, 2.45) is 5.41 Å². The third-order valence-corrected chi connectivity index (χ3v) is 11.6. The van der Waals surface area contributed by atoms with Crippen molar-refractivity contribution in [1.29, 1.82) is 0 Å². The Hall–Kier alpha value is -1.86. The van der Waals surface area contributed by atoms with Gasteiger partial charge in [0.2, 0.25) is 15.9 Å². The zero-order valence-corrected chi connectivity index (χ0v) is 25.5. The van der Waals surface area contributed by atoms with E-state index in [1.807, 2.05) is 74.2 Å². The van der Waals surface area contributed by atoms with E-state index in [1.165, 1.54) is 0 Å². The minimum absolute atomic E-state index is 0.0320.